The van der Waals surface area contributed by atoms with Crippen LogP contribution in [0.25, 0.3) is 0 Å². The van der Waals surface area contributed by atoms with E-state index in [0.717, 1.165) is 27.2 Å². The summed E-state index contributed by atoms with van der Waals surface area (Å²) in [6.45, 7) is 9.26. The minimum absolute atomic E-state index is 0.368. The molecule has 168 valence electrons. The summed E-state index contributed by atoms with van der Waals surface area (Å²) in [6.07, 6.45) is 0. The number of amides is 2. The van der Waals surface area contributed by atoms with Gasteiger partial charge in [-0.15, -0.1) is 0 Å². The highest BCUT2D eigenvalue weighted by atomic mass is 35.5. The Morgan fingerprint density at radius 1 is 1.06 bits per heavy atom. The number of aliphatic carboxylic acids is 1. The summed E-state index contributed by atoms with van der Waals surface area (Å²) >= 11 is 6.27. The molecule has 0 spiro atoms. The number of carboxylic acid groups (broad SMARTS) is 1. The molecule has 2 saturated heterocycles. The smallest absolute Gasteiger partial charge is 0.325 e. The van der Waals surface area contributed by atoms with E-state index in [9.17, 15) is 19.5 Å². The molecule has 2 N–H and O–H groups in total. The van der Waals surface area contributed by atoms with Crippen LogP contribution < -0.4 is 10.2 Å². The lowest BCUT2D eigenvalue weighted by atomic mass is 9.73. The first-order valence-corrected chi connectivity index (χ1v) is 11.1. The first-order valence-electron chi connectivity index (χ1n) is 10.7. The largest absolute Gasteiger partial charge is 0.480 e. The van der Waals surface area contributed by atoms with Crippen LogP contribution in [-0.4, -0.2) is 28.4 Å². The average molecular weight is 455 g/mol. The molecule has 0 bridgehead atoms. The van der Waals surface area contributed by atoms with E-state index in [1.165, 1.54) is 0 Å². The van der Waals surface area contributed by atoms with Crippen LogP contribution in [0.15, 0.2) is 36.4 Å². The van der Waals surface area contributed by atoms with Crippen molar-refractivity contribution in [3.8, 4) is 0 Å². The first kappa shape index (κ1) is 22.5. The quantitative estimate of drug-likeness (QED) is 0.676. The van der Waals surface area contributed by atoms with Gasteiger partial charge in [-0.1, -0.05) is 55.3 Å². The van der Waals surface area contributed by atoms with E-state index in [2.05, 4.69) is 5.32 Å². The van der Waals surface area contributed by atoms with Crippen LogP contribution in [-0.2, 0) is 14.4 Å². The number of benzene rings is 2. The molecule has 7 heteroatoms. The number of hydrogen-bond acceptors (Lipinski definition) is 4. The number of aryl methyl sites for hydroxylation is 3. The Morgan fingerprint density at radius 2 is 1.72 bits per heavy atom. The maximum atomic E-state index is 13.7. The van der Waals surface area contributed by atoms with Crippen molar-refractivity contribution >= 4 is 35.1 Å². The molecule has 0 radical (unpaired) electrons. The fourth-order valence-electron chi connectivity index (χ4n) is 5.25. The van der Waals surface area contributed by atoms with Gasteiger partial charge in [-0.2, -0.15) is 0 Å². The summed E-state index contributed by atoms with van der Waals surface area (Å²) in [5, 5.41) is 14.0. The maximum absolute atomic E-state index is 13.7. The number of carbonyl (C=O) groups excluding carboxylic acids is 2. The lowest BCUT2D eigenvalue weighted by molar-refractivity contribution is -0.151. The summed E-state index contributed by atoms with van der Waals surface area (Å²) < 4.78 is 0. The molecule has 0 aromatic heterocycles. The third-order valence-electron chi connectivity index (χ3n) is 7.04. The van der Waals surface area contributed by atoms with E-state index >= 15 is 0 Å². The Labute approximate surface area is 192 Å². The van der Waals surface area contributed by atoms with Crippen molar-refractivity contribution in [2.75, 3.05) is 4.90 Å². The number of imide groups is 1. The number of fused-ring (bicyclic) bond motifs is 1. The topological polar surface area (TPSA) is 86.7 Å². The van der Waals surface area contributed by atoms with Crippen molar-refractivity contribution < 1.29 is 19.5 Å². The number of rotatable bonds is 4. The molecule has 2 aromatic rings. The minimum Gasteiger partial charge on any atom is -0.480 e. The van der Waals surface area contributed by atoms with Gasteiger partial charge in [0.2, 0.25) is 11.8 Å². The van der Waals surface area contributed by atoms with E-state index in [1.54, 1.807) is 32.0 Å². The molecule has 32 heavy (non-hydrogen) atoms. The zero-order chi connectivity index (χ0) is 23.5. The zero-order valence-electron chi connectivity index (χ0n) is 18.8. The van der Waals surface area contributed by atoms with E-state index in [0.29, 0.717) is 10.7 Å². The summed E-state index contributed by atoms with van der Waals surface area (Å²) in [5.41, 5.74) is 2.41. The van der Waals surface area contributed by atoms with Gasteiger partial charge in [0.15, 0.2) is 0 Å². The highest BCUT2D eigenvalue weighted by molar-refractivity contribution is 6.32. The number of carbonyl (C=O) groups is 3. The van der Waals surface area contributed by atoms with Gasteiger partial charge in [0.05, 0.1) is 17.5 Å². The fourth-order valence-corrected chi connectivity index (χ4v) is 5.43. The first-order chi connectivity index (χ1) is 15.0. The average Bonchev–Trinajstić information content (AvgIpc) is 3.21. The molecule has 2 amide bonds. The van der Waals surface area contributed by atoms with Gasteiger partial charge < -0.3 is 5.11 Å². The van der Waals surface area contributed by atoms with Crippen molar-refractivity contribution in [3.05, 3.63) is 63.7 Å². The summed E-state index contributed by atoms with van der Waals surface area (Å²) in [4.78, 5) is 41.2. The molecular formula is C25H27ClN2O4. The highest BCUT2D eigenvalue weighted by Gasteiger charge is 2.69. The molecular weight excluding hydrogens is 428 g/mol. The van der Waals surface area contributed by atoms with E-state index < -0.39 is 47.1 Å². The Bertz CT molecular complexity index is 1140. The third-order valence-corrected chi connectivity index (χ3v) is 7.45. The van der Waals surface area contributed by atoms with E-state index in [1.807, 2.05) is 39.0 Å². The number of anilines is 1. The van der Waals surface area contributed by atoms with E-state index in [-0.39, 0.29) is 0 Å². The van der Waals surface area contributed by atoms with Gasteiger partial charge in [-0.25, -0.2) is 4.90 Å². The van der Waals surface area contributed by atoms with Crippen LogP contribution in [0.5, 0.6) is 0 Å². The van der Waals surface area contributed by atoms with Crippen LogP contribution in [0.4, 0.5) is 5.69 Å². The van der Waals surface area contributed by atoms with Crippen molar-refractivity contribution in [2.24, 2.45) is 17.8 Å². The van der Waals surface area contributed by atoms with Gasteiger partial charge in [0.1, 0.15) is 5.54 Å². The molecule has 2 aliphatic rings. The lowest BCUT2D eigenvalue weighted by Gasteiger charge is -2.34. The number of carboxylic acids is 1. The normalized spacial score (nSPS) is 27.3. The predicted octanol–water partition coefficient (Wildman–Crippen LogP) is 4.19. The molecule has 2 heterocycles. The molecule has 0 aliphatic carbocycles. The summed E-state index contributed by atoms with van der Waals surface area (Å²) in [6, 6.07) is 10.3. The molecule has 2 aliphatic heterocycles. The van der Waals surface area contributed by atoms with E-state index in [4.69, 9.17) is 11.6 Å². The van der Waals surface area contributed by atoms with Gasteiger partial charge in [0.25, 0.3) is 0 Å². The Morgan fingerprint density at radius 3 is 2.31 bits per heavy atom. The lowest BCUT2D eigenvalue weighted by Crippen LogP contribution is -2.59. The van der Waals surface area contributed by atoms with Gasteiger partial charge in [0, 0.05) is 11.1 Å². The SMILES string of the molecule is Cc1ccc(C)c(C2NC(C(=O)O)(C(C)C)C3C(=O)N(c4ccc(C)c(Cl)c4)C(=O)C23)c1. The molecule has 4 rings (SSSR count). The Hall–Kier alpha value is -2.70. The molecule has 6 nitrogen and oxygen atoms in total. The summed E-state index contributed by atoms with van der Waals surface area (Å²) in [7, 11) is 0. The van der Waals surface area contributed by atoms with Gasteiger partial charge >= 0.3 is 5.97 Å². The van der Waals surface area contributed by atoms with Crippen LogP contribution >= 0.6 is 11.6 Å². The second-order valence-electron chi connectivity index (χ2n) is 9.26. The second-order valence-corrected chi connectivity index (χ2v) is 9.67. The van der Waals surface area contributed by atoms with Gasteiger partial charge in [-0.3, -0.25) is 19.7 Å². The number of nitrogens with zero attached hydrogens (tertiary/aromatic N) is 1. The molecule has 0 saturated carbocycles. The third kappa shape index (κ3) is 3.08. The summed E-state index contributed by atoms with van der Waals surface area (Å²) in [5.74, 6) is -4.32. The highest BCUT2D eigenvalue weighted by Crippen LogP contribution is 2.52. The predicted molar refractivity (Wildman–Crippen MR) is 123 cm³/mol. The zero-order valence-corrected chi connectivity index (χ0v) is 19.5. The molecule has 2 aromatic carbocycles. The van der Waals surface area contributed by atoms with Crippen molar-refractivity contribution in [2.45, 2.75) is 46.2 Å². The standard InChI is InChI=1S/C25H27ClN2O4/c1-12(2)25(24(31)32)20-19(21(27-25)17-10-13(3)6-7-14(17)4)22(29)28(23(20)30)16-9-8-15(5)18(26)11-16/h6-12,19-21,27H,1-5H3,(H,31,32). The maximum Gasteiger partial charge on any atom is 0.325 e. The van der Waals surface area contributed by atoms with Gasteiger partial charge in [-0.05, 0) is 55.5 Å². The monoisotopic (exact) mass is 454 g/mol. The fraction of sp³-hybridized carbons (Fsp3) is 0.400. The number of halogens is 1. The van der Waals surface area contributed by atoms with Crippen LogP contribution in [0, 0.1) is 38.5 Å². The van der Waals surface area contributed by atoms with Crippen LogP contribution in [0.3, 0.4) is 0 Å². The van der Waals surface area contributed by atoms with Crippen molar-refractivity contribution in [1.29, 1.82) is 0 Å². The number of nitrogens with one attached hydrogen (secondary N) is 1. The molecule has 4 atom stereocenters. The Balaban J connectivity index is 1.91. The Kier molecular flexibility index (Phi) is 5.42. The van der Waals surface area contributed by atoms with Crippen LogP contribution in [0.1, 0.15) is 42.1 Å². The minimum atomic E-state index is -1.57. The van der Waals surface area contributed by atoms with Crippen molar-refractivity contribution in [1.82, 2.24) is 5.32 Å². The second kappa shape index (κ2) is 7.71. The van der Waals surface area contributed by atoms with Crippen LogP contribution in [0.2, 0.25) is 5.02 Å². The number of hydrogen-bond donors (Lipinski definition) is 2. The molecule has 4 unspecified atom stereocenters. The van der Waals surface area contributed by atoms with Crippen molar-refractivity contribution in [3.63, 3.8) is 0 Å². The molecule has 2 fully saturated rings.